The fourth-order valence-corrected chi connectivity index (χ4v) is 1.37. The second-order valence-electron chi connectivity index (χ2n) is 4.54. The van der Waals surface area contributed by atoms with E-state index in [2.05, 4.69) is 26.1 Å². The van der Waals surface area contributed by atoms with Gasteiger partial charge in [0.25, 0.3) is 0 Å². The Morgan fingerprint density at radius 3 is 2.07 bits per heavy atom. The molecule has 1 unspecified atom stereocenters. The molecule has 0 aromatic rings. The van der Waals surface area contributed by atoms with E-state index in [1.165, 1.54) is 38.6 Å². The van der Waals surface area contributed by atoms with Gasteiger partial charge in [-0.1, -0.05) is 33.1 Å². The third-order valence-electron chi connectivity index (χ3n) is 2.85. The van der Waals surface area contributed by atoms with Gasteiger partial charge in [0.2, 0.25) is 0 Å². The fraction of sp³-hybridized carbons (Fsp3) is 1.00. The maximum Gasteiger partial charge on any atom is 0.00617 e. The van der Waals surface area contributed by atoms with Crippen molar-refractivity contribution >= 4 is 0 Å². The van der Waals surface area contributed by atoms with Crippen LogP contribution in [0.4, 0.5) is 0 Å². The summed E-state index contributed by atoms with van der Waals surface area (Å²) in [6.45, 7) is 8.81. The minimum Gasteiger partial charge on any atom is -0.330 e. The first-order chi connectivity index (χ1) is 6.68. The van der Waals surface area contributed by atoms with Crippen LogP contribution >= 0.6 is 0 Å². The van der Waals surface area contributed by atoms with Gasteiger partial charge < -0.3 is 11.1 Å². The molecule has 86 valence electrons. The number of nitrogens with one attached hydrogen (secondary N) is 1. The monoisotopic (exact) mass is 200 g/mol. The molecule has 0 spiro atoms. The van der Waals surface area contributed by atoms with Gasteiger partial charge in [-0.2, -0.15) is 0 Å². The zero-order valence-electron chi connectivity index (χ0n) is 10.2. The van der Waals surface area contributed by atoms with Crippen molar-refractivity contribution in [3.8, 4) is 0 Å². The standard InChI is InChI=1S/C12H28N2/c1-11(2)12(3)14-10-8-6-4-5-7-9-13/h11-12,14H,4-10,13H2,1-3H3. The van der Waals surface area contributed by atoms with E-state index in [0.717, 1.165) is 12.5 Å². The number of nitrogens with two attached hydrogens (primary N) is 1. The van der Waals surface area contributed by atoms with Crippen LogP contribution in [-0.2, 0) is 0 Å². The third kappa shape index (κ3) is 8.52. The van der Waals surface area contributed by atoms with Crippen molar-refractivity contribution in [3.63, 3.8) is 0 Å². The summed E-state index contributed by atoms with van der Waals surface area (Å²) in [4.78, 5) is 0. The molecule has 1 atom stereocenters. The maximum absolute atomic E-state index is 5.43. The lowest BCUT2D eigenvalue weighted by atomic mass is 10.1. The van der Waals surface area contributed by atoms with Crippen molar-refractivity contribution in [1.29, 1.82) is 0 Å². The topological polar surface area (TPSA) is 38.0 Å². The second kappa shape index (κ2) is 9.47. The lowest BCUT2D eigenvalue weighted by Crippen LogP contribution is -2.31. The Hall–Kier alpha value is -0.0800. The predicted octanol–water partition coefficient (Wildman–Crippen LogP) is 2.53. The Morgan fingerprint density at radius 2 is 1.50 bits per heavy atom. The van der Waals surface area contributed by atoms with Crippen LogP contribution in [0.25, 0.3) is 0 Å². The van der Waals surface area contributed by atoms with Crippen molar-refractivity contribution in [1.82, 2.24) is 5.32 Å². The number of unbranched alkanes of at least 4 members (excludes halogenated alkanes) is 4. The van der Waals surface area contributed by atoms with E-state index in [4.69, 9.17) is 5.73 Å². The summed E-state index contributed by atoms with van der Waals surface area (Å²) in [5, 5.41) is 3.55. The molecule has 0 aliphatic rings. The Morgan fingerprint density at radius 1 is 0.929 bits per heavy atom. The first-order valence-corrected chi connectivity index (χ1v) is 6.12. The Labute approximate surface area is 89.6 Å². The van der Waals surface area contributed by atoms with Crippen LogP contribution < -0.4 is 11.1 Å². The molecule has 0 aromatic carbocycles. The summed E-state index contributed by atoms with van der Waals surface area (Å²) < 4.78 is 0. The minimum atomic E-state index is 0.652. The van der Waals surface area contributed by atoms with Crippen molar-refractivity contribution in [3.05, 3.63) is 0 Å². The van der Waals surface area contributed by atoms with Crippen molar-refractivity contribution in [2.24, 2.45) is 11.7 Å². The predicted molar refractivity (Wildman–Crippen MR) is 64.4 cm³/mol. The van der Waals surface area contributed by atoms with Crippen LogP contribution in [0.2, 0.25) is 0 Å². The normalized spacial score (nSPS) is 13.5. The van der Waals surface area contributed by atoms with Gasteiger partial charge in [0, 0.05) is 6.04 Å². The van der Waals surface area contributed by atoms with Gasteiger partial charge in [-0.3, -0.25) is 0 Å². The maximum atomic E-state index is 5.43. The summed E-state index contributed by atoms with van der Waals surface area (Å²) in [6, 6.07) is 0.652. The first kappa shape index (κ1) is 13.9. The van der Waals surface area contributed by atoms with Gasteiger partial charge in [0.1, 0.15) is 0 Å². The third-order valence-corrected chi connectivity index (χ3v) is 2.85. The molecule has 2 nitrogen and oxygen atoms in total. The summed E-state index contributed by atoms with van der Waals surface area (Å²) >= 11 is 0. The van der Waals surface area contributed by atoms with Gasteiger partial charge in [0.15, 0.2) is 0 Å². The van der Waals surface area contributed by atoms with Crippen LogP contribution in [0, 0.1) is 5.92 Å². The average molecular weight is 200 g/mol. The van der Waals surface area contributed by atoms with E-state index >= 15 is 0 Å². The molecule has 0 radical (unpaired) electrons. The van der Waals surface area contributed by atoms with Gasteiger partial charge in [-0.05, 0) is 38.8 Å². The first-order valence-electron chi connectivity index (χ1n) is 6.12. The van der Waals surface area contributed by atoms with Gasteiger partial charge in [-0.25, -0.2) is 0 Å². The zero-order valence-corrected chi connectivity index (χ0v) is 10.2. The lowest BCUT2D eigenvalue weighted by Gasteiger charge is -2.17. The minimum absolute atomic E-state index is 0.652. The van der Waals surface area contributed by atoms with Gasteiger partial charge in [0.05, 0.1) is 0 Å². The Balaban J connectivity index is 3.06. The highest BCUT2D eigenvalue weighted by Gasteiger charge is 2.04. The van der Waals surface area contributed by atoms with Crippen LogP contribution in [0.3, 0.4) is 0 Å². The van der Waals surface area contributed by atoms with Crippen molar-refractivity contribution in [2.45, 2.75) is 58.9 Å². The average Bonchev–Trinajstić information content (AvgIpc) is 2.16. The molecule has 0 aromatic heterocycles. The number of rotatable bonds is 9. The van der Waals surface area contributed by atoms with Crippen LogP contribution in [0.5, 0.6) is 0 Å². The number of hydrogen-bond acceptors (Lipinski definition) is 2. The molecule has 0 saturated carbocycles. The summed E-state index contributed by atoms with van der Waals surface area (Å²) in [7, 11) is 0. The summed E-state index contributed by atoms with van der Waals surface area (Å²) in [6.07, 6.45) is 6.49. The van der Waals surface area contributed by atoms with Gasteiger partial charge >= 0.3 is 0 Å². The van der Waals surface area contributed by atoms with Crippen molar-refractivity contribution in [2.75, 3.05) is 13.1 Å². The SMILES string of the molecule is CC(C)C(C)NCCCCCCCN. The summed E-state index contributed by atoms with van der Waals surface area (Å²) in [5.41, 5.74) is 5.43. The highest BCUT2D eigenvalue weighted by Crippen LogP contribution is 2.03. The van der Waals surface area contributed by atoms with Gasteiger partial charge in [-0.15, -0.1) is 0 Å². The van der Waals surface area contributed by atoms with E-state index in [-0.39, 0.29) is 0 Å². The van der Waals surface area contributed by atoms with E-state index < -0.39 is 0 Å². The summed E-state index contributed by atoms with van der Waals surface area (Å²) in [5.74, 6) is 0.743. The molecule has 0 amide bonds. The Bertz CT molecular complexity index is 113. The van der Waals surface area contributed by atoms with Crippen LogP contribution in [0.15, 0.2) is 0 Å². The van der Waals surface area contributed by atoms with E-state index in [0.29, 0.717) is 6.04 Å². The highest BCUT2D eigenvalue weighted by molar-refractivity contribution is 4.63. The molecule has 0 heterocycles. The van der Waals surface area contributed by atoms with Crippen LogP contribution in [-0.4, -0.2) is 19.1 Å². The molecule has 2 heteroatoms. The Kier molecular flexibility index (Phi) is 9.42. The molecular weight excluding hydrogens is 172 g/mol. The fourth-order valence-electron chi connectivity index (χ4n) is 1.37. The molecule has 0 aliphatic carbocycles. The second-order valence-corrected chi connectivity index (χ2v) is 4.54. The molecule has 0 saturated heterocycles. The largest absolute Gasteiger partial charge is 0.330 e. The molecule has 3 N–H and O–H groups in total. The lowest BCUT2D eigenvalue weighted by molar-refractivity contribution is 0.419. The molecular formula is C12H28N2. The number of hydrogen-bond donors (Lipinski definition) is 2. The molecule has 0 bridgehead atoms. The van der Waals surface area contributed by atoms with E-state index in [1.807, 2.05) is 0 Å². The molecule has 0 rings (SSSR count). The quantitative estimate of drug-likeness (QED) is 0.561. The van der Waals surface area contributed by atoms with Crippen LogP contribution in [0.1, 0.15) is 52.9 Å². The molecule has 0 fully saturated rings. The zero-order chi connectivity index (χ0) is 10.8. The smallest absolute Gasteiger partial charge is 0.00617 e. The molecule has 0 aliphatic heterocycles. The molecule has 14 heavy (non-hydrogen) atoms. The van der Waals surface area contributed by atoms with Crippen molar-refractivity contribution < 1.29 is 0 Å². The van der Waals surface area contributed by atoms with E-state index in [9.17, 15) is 0 Å². The highest BCUT2D eigenvalue weighted by atomic mass is 14.9. The van der Waals surface area contributed by atoms with E-state index in [1.54, 1.807) is 0 Å².